The standard InChI is InChI=1S/C16H19N5O2/c17-11-5-1-3-7-13(11)20-15(22)9-19-10-16(23)21-14-8-4-2-6-12(14)18/h1-8,19H,9-10,17-18H2,(H,20,22)(H,21,23). The Morgan fingerprint density at radius 1 is 0.739 bits per heavy atom. The smallest absolute Gasteiger partial charge is 0.238 e. The molecule has 7 N–H and O–H groups in total. The third kappa shape index (κ3) is 5.01. The van der Waals surface area contributed by atoms with Crippen molar-refractivity contribution in [1.82, 2.24) is 5.32 Å². The number of hydrogen-bond acceptors (Lipinski definition) is 5. The minimum atomic E-state index is -0.282. The maximum absolute atomic E-state index is 11.8. The molecular formula is C16H19N5O2. The van der Waals surface area contributed by atoms with Crippen LogP contribution in [-0.2, 0) is 9.59 Å². The number of nitrogens with two attached hydrogens (primary N) is 2. The van der Waals surface area contributed by atoms with Crippen LogP contribution in [0.1, 0.15) is 0 Å². The van der Waals surface area contributed by atoms with Gasteiger partial charge in [0.2, 0.25) is 11.8 Å². The van der Waals surface area contributed by atoms with Gasteiger partial charge in [-0.2, -0.15) is 0 Å². The van der Waals surface area contributed by atoms with Crippen molar-refractivity contribution in [3.05, 3.63) is 48.5 Å². The van der Waals surface area contributed by atoms with Gasteiger partial charge >= 0.3 is 0 Å². The van der Waals surface area contributed by atoms with Gasteiger partial charge in [0, 0.05) is 0 Å². The summed E-state index contributed by atoms with van der Waals surface area (Å²) in [4.78, 5) is 23.6. The fraction of sp³-hybridized carbons (Fsp3) is 0.125. The summed E-state index contributed by atoms with van der Waals surface area (Å²) < 4.78 is 0. The number of carbonyl (C=O) groups excluding carboxylic acids is 2. The highest BCUT2D eigenvalue weighted by atomic mass is 16.2. The lowest BCUT2D eigenvalue weighted by Gasteiger charge is -2.10. The molecule has 2 aromatic carbocycles. The number of nitrogens with one attached hydrogen (secondary N) is 3. The zero-order valence-electron chi connectivity index (χ0n) is 12.5. The van der Waals surface area contributed by atoms with E-state index in [1.54, 1.807) is 48.5 Å². The van der Waals surface area contributed by atoms with Crippen LogP contribution in [0.15, 0.2) is 48.5 Å². The van der Waals surface area contributed by atoms with Gasteiger partial charge in [-0.1, -0.05) is 24.3 Å². The van der Waals surface area contributed by atoms with Gasteiger partial charge in [-0.05, 0) is 24.3 Å². The number of hydrogen-bond donors (Lipinski definition) is 5. The Morgan fingerprint density at radius 2 is 1.13 bits per heavy atom. The summed E-state index contributed by atoms with van der Waals surface area (Å²) in [6.45, 7) is -0.0158. The normalized spacial score (nSPS) is 10.1. The van der Waals surface area contributed by atoms with E-state index >= 15 is 0 Å². The van der Waals surface area contributed by atoms with Crippen LogP contribution in [0, 0.1) is 0 Å². The molecule has 7 nitrogen and oxygen atoms in total. The van der Waals surface area contributed by atoms with Gasteiger partial charge < -0.3 is 22.1 Å². The maximum atomic E-state index is 11.8. The van der Waals surface area contributed by atoms with E-state index in [2.05, 4.69) is 16.0 Å². The molecule has 0 aromatic heterocycles. The van der Waals surface area contributed by atoms with Crippen LogP contribution in [0.4, 0.5) is 22.7 Å². The highest BCUT2D eigenvalue weighted by molar-refractivity contribution is 5.97. The SMILES string of the molecule is Nc1ccccc1NC(=O)CNCC(=O)Nc1ccccc1N. The highest BCUT2D eigenvalue weighted by Crippen LogP contribution is 2.17. The zero-order valence-corrected chi connectivity index (χ0v) is 12.5. The van der Waals surface area contributed by atoms with Crippen molar-refractivity contribution in [2.24, 2.45) is 0 Å². The largest absolute Gasteiger partial charge is 0.397 e. The first kappa shape index (κ1) is 16.3. The van der Waals surface area contributed by atoms with Crippen LogP contribution in [0.25, 0.3) is 0 Å². The lowest BCUT2D eigenvalue weighted by atomic mass is 10.2. The molecule has 0 atom stereocenters. The molecule has 7 heteroatoms. The van der Waals surface area contributed by atoms with E-state index in [0.29, 0.717) is 22.7 Å². The van der Waals surface area contributed by atoms with Crippen LogP contribution < -0.4 is 27.4 Å². The van der Waals surface area contributed by atoms with E-state index in [9.17, 15) is 9.59 Å². The van der Waals surface area contributed by atoms with Crippen LogP contribution in [0.3, 0.4) is 0 Å². The topological polar surface area (TPSA) is 122 Å². The van der Waals surface area contributed by atoms with Crippen molar-refractivity contribution in [2.45, 2.75) is 0 Å². The van der Waals surface area contributed by atoms with Crippen LogP contribution in [0.5, 0.6) is 0 Å². The van der Waals surface area contributed by atoms with Crippen molar-refractivity contribution in [2.75, 3.05) is 35.2 Å². The first-order valence-electron chi connectivity index (χ1n) is 7.05. The highest BCUT2D eigenvalue weighted by Gasteiger charge is 2.07. The molecule has 120 valence electrons. The van der Waals surface area contributed by atoms with E-state index < -0.39 is 0 Å². The van der Waals surface area contributed by atoms with Gasteiger partial charge in [0.25, 0.3) is 0 Å². The second-order valence-electron chi connectivity index (χ2n) is 4.87. The molecule has 0 radical (unpaired) electrons. The molecule has 2 rings (SSSR count). The van der Waals surface area contributed by atoms with E-state index in [-0.39, 0.29) is 24.9 Å². The predicted octanol–water partition coefficient (Wildman–Crippen LogP) is 1.02. The summed E-state index contributed by atoms with van der Waals surface area (Å²) in [5, 5.41) is 8.09. The van der Waals surface area contributed by atoms with Crippen molar-refractivity contribution in [3.63, 3.8) is 0 Å². The average molecular weight is 313 g/mol. The number of anilines is 4. The second kappa shape index (κ2) is 7.81. The molecule has 0 bridgehead atoms. The molecule has 0 saturated carbocycles. The predicted molar refractivity (Wildman–Crippen MR) is 91.8 cm³/mol. The number of rotatable bonds is 6. The van der Waals surface area contributed by atoms with Crippen LogP contribution in [-0.4, -0.2) is 24.9 Å². The Hall–Kier alpha value is -3.06. The van der Waals surface area contributed by atoms with Gasteiger partial charge in [0.15, 0.2) is 0 Å². The lowest BCUT2D eigenvalue weighted by molar-refractivity contribution is -0.116. The number of benzene rings is 2. The summed E-state index contributed by atoms with van der Waals surface area (Å²) in [7, 11) is 0. The van der Waals surface area contributed by atoms with E-state index in [1.807, 2.05) is 0 Å². The molecule has 2 amide bonds. The van der Waals surface area contributed by atoms with Crippen molar-refractivity contribution < 1.29 is 9.59 Å². The van der Waals surface area contributed by atoms with Gasteiger partial charge in [-0.3, -0.25) is 14.9 Å². The molecule has 0 fully saturated rings. The Bertz CT molecular complexity index is 643. The van der Waals surface area contributed by atoms with Gasteiger partial charge in [0.05, 0.1) is 35.8 Å². The lowest BCUT2D eigenvalue weighted by Crippen LogP contribution is -2.34. The Kier molecular flexibility index (Phi) is 5.54. The van der Waals surface area contributed by atoms with Gasteiger partial charge in [-0.15, -0.1) is 0 Å². The van der Waals surface area contributed by atoms with Crippen molar-refractivity contribution >= 4 is 34.6 Å². The number of carbonyl (C=O) groups is 2. The Morgan fingerprint density at radius 3 is 1.52 bits per heavy atom. The van der Waals surface area contributed by atoms with E-state index in [1.165, 1.54) is 0 Å². The number of para-hydroxylation sites is 4. The molecule has 0 aliphatic rings. The van der Waals surface area contributed by atoms with Crippen molar-refractivity contribution in [3.8, 4) is 0 Å². The first-order chi connectivity index (χ1) is 11.1. The molecule has 0 aliphatic heterocycles. The monoisotopic (exact) mass is 313 g/mol. The zero-order chi connectivity index (χ0) is 16.7. The van der Waals surface area contributed by atoms with Crippen LogP contribution in [0.2, 0.25) is 0 Å². The molecule has 0 saturated heterocycles. The van der Waals surface area contributed by atoms with Gasteiger partial charge in [-0.25, -0.2) is 0 Å². The number of amides is 2. The summed E-state index contributed by atoms with van der Waals surface area (Å²) in [6.07, 6.45) is 0. The molecule has 23 heavy (non-hydrogen) atoms. The summed E-state index contributed by atoms with van der Waals surface area (Å²) in [5.41, 5.74) is 13.5. The third-order valence-corrected chi connectivity index (χ3v) is 3.04. The summed E-state index contributed by atoms with van der Waals surface area (Å²) in [5.74, 6) is -0.565. The molecule has 0 spiro atoms. The third-order valence-electron chi connectivity index (χ3n) is 3.04. The molecule has 2 aromatic rings. The average Bonchev–Trinajstić information content (AvgIpc) is 2.52. The minimum absolute atomic E-state index is 0.00791. The fourth-order valence-electron chi connectivity index (χ4n) is 1.90. The minimum Gasteiger partial charge on any atom is -0.397 e. The molecule has 0 heterocycles. The quantitative estimate of drug-likeness (QED) is 0.510. The second-order valence-corrected chi connectivity index (χ2v) is 4.87. The Labute approximate surface area is 134 Å². The molecule has 0 unspecified atom stereocenters. The maximum Gasteiger partial charge on any atom is 0.238 e. The summed E-state index contributed by atoms with van der Waals surface area (Å²) in [6, 6.07) is 13.9. The summed E-state index contributed by atoms with van der Waals surface area (Å²) >= 11 is 0. The number of nitrogen functional groups attached to an aromatic ring is 2. The van der Waals surface area contributed by atoms with Crippen LogP contribution >= 0.6 is 0 Å². The fourth-order valence-corrected chi connectivity index (χ4v) is 1.90. The first-order valence-corrected chi connectivity index (χ1v) is 7.05. The van der Waals surface area contributed by atoms with Crippen molar-refractivity contribution in [1.29, 1.82) is 0 Å². The van der Waals surface area contributed by atoms with Gasteiger partial charge in [0.1, 0.15) is 0 Å². The Balaban J connectivity index is 1.74. The van der Waals surface area contributed by atoms with E-state index in [4.69, 9.17) is 11.5 Å². The van der Waals surface area contributed by atoms with E-state index in [0.717, 1.165) is 0 Å². The molecule has 0 aliphatic carbocycles. The molecular weight excluding hydrogens is 294 g/mol.